The number of sulfone groups is 1. The van der Waals surface area contributed by atoms with Crippen molar-refractivity contribution >= 4 is 25.8 Å². The Hall–Kier alpha value is -0.710. The molecule has 0 bridgehead atoms. The maximum atomic E-state index is 12.2. The zero-order valence-corrected chi connectivity index (χ0v) is 14.5. The lowest BCUT2D eigenvalue weighted by Gasteiger charge is -2.36. The second-order valence-corrected chi connectivity index (χ2v) is 10.2. The van der Waals surface area contributed by atoms with Crippen LogP contribution >= 0.6 is 0 Å². The number of amides is 1. The van der Waals surface area contributed by atoms with E-state index >= 15 is 0 Å². The van der Waals surface area contributed by atoms with Gasteiger partial charge in [-0.15, -0.1) is 0 Å². The number of carbonyl (C=O) groups excluding carboxylic acids is 1. The molecule has 22 heavy (non-hydrogen) atoms. The minimum Gasteiger partial charge on any atom is -0.351 e. The third-order valence-corrected chi connectivity index (χ3v) is 7.32. The van der Waals surface area contributed by atoms with Gasteiger partial charge in [0.2, 0.25) is 15.9 Å². The van der Waals surface area contributed by atoms with Gasteiger partial charge in [-0.05, 0) is 13.3 Å². The van der Waals surface area contributed by atoms with Gasteiger partial charge >= 0.3 is 0 Å². The molecule has 0 saturated carbocycles. The summed E-state index contributed by atoms with van der Waals surface area (Å²) in [6, 6.07) is -0.706. The first-order chi connectivity index (χ1) is 10.1. The molecule has 2 aliphatic heterocycles. The first kappa shape index (κ1) is 17.6. The van der Waals surface area contributed by atoms with Gasteiger partial charge in [0.1, 0.15) is 0 Å². The molecule has 0 spiro atoms. The molecule has 0 aromatic carbocycles. The molecule has 1 N–H and O–H groups in total. The number of sulfonamides is 1. The van der Waals surface area contributed by atoms with E-state index in [0.29, 0.717) is 32.6 Å². The van der Waals surface area contributed by atoms with Crippen LogP contribution in [0, 0.1) is 0 Å². The fourth-order valence-electron chi connectivity index (χ4n) is 2.82. The average Bonchev–Trinajstić information content (AvgIpc) is 2.76. The van der Waals surface area contributed by atoms with Gasteiger partial charge < -0.3 is 5.32 Å². The van der Waals surface area contributed by atoms with Gasteiger partial charge in [0, 0.05) is 32.2 Å². The minimum atomic E-state index is -3.19. The molecular formula is C12H23N3O5S2. The molecule has 10 heteroatoms. The number of nitrogens with zero attached hydrogens (tertiary/aromatic N) is 2. The lowest BCUT2D eigenvalue weighted by Crippen LogP contribution is -2.55. The first-order valence-electron chi connectivity index (χ1n) is 7.28. The van der Waals surface area contributed by atoms with Crippen molar-refractivity contribution in [2.75, 3.05) is 43.9 Å². The number of hydrogen-bond acceptors (Lipinski definition) is 6. The standard InChI is InChI=1S/C12H23N3O5S2/c1-10(12(16)13-11-3-8-22(19,20)9-11)14-4-6-15(7-5-14)21(2,17)18/h10-11H,3-9H2,1-2H3,(H,13,16)/t10-,11+/m1/s1. The molecule has 128 valence electrons. The van der Waals surface area contributed by atoms with Crippen LogP contribution < -0.4 is 5.32 Å². The van der Waals surface area contributed by atoms with Crippen LogP contribution in [0.25, 0.3) is 0 Å². The Morgan fingerprint density at radius 1 is 1.23 bits per heavy atom. The van der Waals surface area contributed by atoms with Crippen molar-refractivity contribution in [2.45, 2.75) is 25.4 Å². The number of carbonyl (C=O) groups is 1. The predicted molar refractivity (Wildman–Crippen MR) is 82.7 cm³/mol. The molecule has 2 atom stereocenters. The summed E-state index contributed by atoms with van der Waals surface area (Å²) in [6.07, 6.45) is 1.64. The zero-order valence-electron chi connectivity index (χ0n) is 12.9. The number of nitrogens with one attached hydrogen (secondary N) is 1. The topological polar surface area (TPSA) is 104 Å². The fourth-order valence-corrected chi connectivity index (χ4v) is 5.32. The third-order valence-electron chi connectivity index (χ3n) is 4.25. The molecule has 2 heterocycles. The molecule has 8 nitrogen and oxygen atoms in total. The molecule has 0 aliphatic carbocycles. The normalized spacial score (nSPS) is 28.4. The second-order valence-electron chi connectivity index (χ2n) is 5.98. The lowest BCUT2D eigenvalue weighted by molar-refractivity contribution is -0.126. The minimum absolute atomic E-state index is 0.00726. The first-order valence-corrected chi connectivity index (χ1v) is 11.0. The van der Waals surface area contributed by atoms with Crippen LogP contribution in [-0.2, 0) is 24.7 Å². The molecule has 2 saturated heterocycles. The summed E-state index contributed by atoms with van der Waals surface area (Å²) in [7, 11) is -6.20. The van der Waals surface area contributed by atoms with Crippen molar-refractivity contribution in [2.24, 2.45) is 0 Å². The molecule has 0 radical (unpaired) electrons. The van der Waals surface area contributed by atoms with Crippen molar-refractivity contribution in [3.8, 4) is 0 Å². The van der Waals surface area contributed by atoms with Crippen LogP contribution in [-0.4, -0.2) is 88.0 Å². The lowest BCUT2D eigenvalue weighted by atomic mass is 10.2. The Kier molecular flexibility index (Phi) is 5.15. The molecule has 0 aromatic heterocycles. The second kappa shape index (κ2) is 6.42. The van der Waals surface area contributed by atoms with Crippen LogP contribution in [0.15, 0.2) is 0 Å². The largest absolute Gasteiger partial charge is 0.351 e. The Balaban J connectivity index is 1.85. The summed E-state index contributed by atoms with van der Waals surface area (Å²) in [5, 5.41) is 2.78. The van der Waals surface area contributed by atoms with Gasteiger partial charge in [0.15, 0.2) is 9.84 Å². The van der Waals surface area contributed by atoms with Crippen molar-refractivity contribution < 1.29 is 21.6 Å². The highest BCUT2D eigenvalue weighted by Crippen LogP contribution is 2.13. The summed E-state index contributed by atoms with van der Waals surface area (Å²) < 4.78 is 47.1. The molecule has 0 aromatic rings. The van der Waals surface area contributed by atoms with Gasteiger partial charge in [0.05, 0.1) is 23.8 Å². The van der Waals surface area contributed by atoms with Crippen LogP contribution in [0.2, 0.25) is 0 Å². The molecule has 2 fully saturated rings. The summed E-state index contributed by atoms with van der Waals surface area (Å²) in [5.74, 6) is -0.0675. The monoisotopic (exact) mass is 353 g/mol. The molecule has 2 rings (SSSR count). The van der Waals surface area contributed by atoms with E-state index in [2.05, 4.69) is 5.32 Å². The number of rotatable bonds is 4. The summed E-state index contributed by atoms with van der Waals surface area (Å²) in [6.45, 7) is 3.48. The quantitative estimate of drug-likeness (QED) is 0.643. The smallest absolute Gasteiger partial charge is 0.237 e. The average molecular weight is 353 g/mol. The summed E-state index contributed by atoms with van der Waals surface area (Å²) >= 11 is 0. The highest BCUT2D eigenvalue weighted by atomic mass is 32.2. The Morgan fingerprint density at radius 3 is 2.27 bits per heavy atom. The molecule has 1 amide bonds. The van der Waals surface area contributed by atoms with E-state index in [1.54, 1.807) is 6.92 Å². The maximum absolute atomic E-state index is 12.2. The molecule has 0 unspecified atom stereocenters. The fraction of sp³-hybridized carbons (Fsp3) is 0.917. The van der Waals surface area contributed by atoms with Gasteiger partial charge in [-0.25, -0.2) is 16.8 Å². The van der Waals surface area contributed by atoms with Gasteiger partial charge in [-0.3, -0.25) is 9.69 Å². The van der Waals surface area contributed by atoms with Crippen LogP contribution in [0.5, 0.6) is 0 Å². The third kappa shape index (κ3) is 4.40. The maximum Gasteiger partial charge on any atom is 0.237 e. The van der Waals surface area contributed by atoms with E-state index in [1.165, 1.54) is 10.6 Å². The van der Waals surface area contributed by atoms with Gasteiger partial charge in [-0.1, -0.05) is 0 Å². The summed E-state index contributed by atoms with van der Waals surface area (Å²) in [5.41, 5.74) is 0. The number of hydrogen-bond donors (Lipinski definition) is 1. The van der Waals surface area contributed by atoms with Gasteiger partial charge in [0.25, 0.3) is 0 Å². The van der Waals surface area contributed by atoms with E-state index < -0.39 is 25.9 Å². The Bertz CT molecular complexity index is 623. The summed E-state index contributed by atoms with van der Waals surface area (Å²) in [4.78, 5) is 14.1. The zero-order chi connectivity index (χ0) is 16.5. The van der Waals surface area contributed by atoms with Gasteiger partial charge in [-0.2, -0.15) is 4.31 Å². The van der Waals surface area contributed by atoms with E-state index in [4.69, 9.17) is 0 Å². The SMILES string of the molecule is C[C@H](C(=O)N[C@H]1CCS(=O)(=O)C1)N1CCN(S(C)(=O)=O)CC1. The van der Waals surface area contributed by atoms with E-state index in [1.807, 2.05) is 4.90 Å². The van der Waals surface area contributed by atoms with E-state index in [0.717, 1.165) is 0 Å². The Morgan fingerprint density at radius 2 is 1.82 bits per heavy atom. The Labute approximate surface area is 131 Å². The van der Waals surface area contributed by atoms with Crippen LogP contribution in [0.1, 0.15) is 13.3 Å². The number of piperazine rings is 1. The predicted octanol–water partition coefficient (Wildman–Crippen LogP) is -1.74. The van der Waals surface area contributed by atoms with Crippen LogP contribution in [0.4, 0.5) is 0 Å². The van der Waals surface area contributed by atoms with E-state index in [9.17, 15) is 21.6 Å². The highest BCUT2D eigenvalue weighted by Gasteiger charge is 2.33. The van der Waals surface area contributed by atoms with Crippen molar-refractivity contribution in [3.05, 3.63) is 0 Å². The molecule has 2 aliphatic rings. The van der Waals surface area contributed by atoms with Crippen molar-refractivity contribution in [1.29, 1.82) is 0 Å². The highest BCUT2D eigenvalue weighted by molar-refractivity contribution is 7.91. The van der Waals surface area contributed by atoms with Crippen molar-refractivity contribution in [1.82, 2.24) is 14.5 Å². The molecular weight excluding hydrogens is 330 g/mol. The van der Waals surface area contributed by atoms with Crippen molar-refractivity contribution in [3.63, 3.8) is 0 Å². The van der Waals surface area contributed by atoms with E-state index in [-0.39, 0.29) is 23.5 Å². The van der Waals surface area contributed by atoms with Crippen LogP contribution in [0.3, 0.4) is 0 Å².